The third-order valence-electron chi connectivity index (χ3n) is 2.70. The average Bonchev–Trinajstić information content (AvgIpc) is 2.50. The van der Waals surface area contributed by atoms with E-state index in [1.54, 1.807) is 18.2 Å². The van der Waals surface area contributed by atoms with Gasteiger partial charge in [0, 0.05) is 12.1 Å². The summed E-state index contributed by atoms with van der Waals surface area (Å²) in [6.45, 7) is 1.10. The second kappa shape index (κ2) is 6.60. The standard InChI is InChI=1S/C13H14BrNO5/c1-18-13(17)9(14)7-15-12(16)8-2-3-10-11(6-8)20-5-4-19-10/h2-3,6,9H,4-5,7H2,1H3,(H,15,16). The van der Waals surface area contributed by atoms with Gasteiger partial charge in [-0.3, -0.25) is 9.59 Å². The number of nitrogens with one attached hydrogen (secondary N) is 1. The van der Waals surface area contributed by atoms with Gasteiger partial charge in [0.25, 0.3) is 5.91 Å². The van der Waals surface area contributed by atoms with Gasteiger partial charge >= 0.3 is 5.97 Å². The molecule has 1 aromatic carbocycles. The molecule has 0 saturated heterocycles. The number of rotatable bonds is 4. The molecule has 1 heterocycles. The fraction of sp³-hybridized carbons (Fsp3) is 0.385. The summed E-state index contributed by atoms with van der Waals surface area (Å²) in [6, 6.07) is 4.95. The highest BCUT2D eigenvalue weighted by molar-refractivity contribution is 9.10. The molecule has 0 bridgehead atoms. The molecule has 1 amide bonds. The summed E-state index contributed by atoms with van der Waals surface area (Å²) in [5.41, 5.74) is 0.443. The predicted octanol–water partition coefficient (Wildman–Crippen LogP) is 1.12. The van der Waals surface area contributed by atoms with Crippen LogP contribution in [0.1, 0.15) is 10.4 Å². The van der Waals surface area contributed by atoms with Gasteiger partial charge in [-0.1, -0.05) is 15.9 Å². The summed E-state index contributed by atoms with van der Waals surface area (Å²) in [5.74, 6) is 0.441. The van der Waals surface area contributed by atoms with Crippen LogP contribution in [-0.2, 0) is 9.53 Å². The summed E-state index contributed by atoms with van der Waals surface area (Å²) < 4.78 is 15.3. The van der Waals surface area contributed by atoms with Gasteiger partial charge < -0.3 is 19.5 Å². The molecule has 20 heavy (non-hydrogen) atoms. The van der Waals surface area contributed by atoms with Crippen LogP contribution in [0.3, 0.4) is 0 Å². The molecule has 1 unspecified atom stereocenters. The van der Waals surface area contributed by atoms with Gasteiger partial charge in [0.2, 0.25) is 0 Å². The van der Waals surface area contributed by atoms with Crippen LogP contribution in [0.25, 0.3) is 0 Å². The Hall–Kier alpha value is -1.76. The zero-order chi connectivity index (χ0) is 14.5. The number of carbonyl (C=O) groups excluding carboxylic acids is 2. The van der Waals surface area contributed by atoms with E-state index in [2.05, 4.69) is 26.0 Å². The van der Waals surface area contributed by atoms with Gasteiger partial charge in [-0.15, -0.1) is 0 Å². The normalized spacial score (nSPS) is 14.3. The SMILES string of the molecule is COC(=O)C(Br)CNC(=O)c1ccc2c(c1)OCCO2. The van der Waals surface area contributed by atoms with Crippen molar-refractivity contribution in [1.29, 1.82) is 0 Å². The van der Waals surface area contributed by atoms with Crippen LogP contribution in [0.4, 0.5) is 0 Å². The molecule has 0 aromatic heterocycles. The number of fused-ring (bicyclic) bond motifs is 1. The minimum atomic E-state index is -0.575. The Morgan fingerprint density at radius 2 is 2.05 bits per heavy atom. The van der Waals surface area contributed by atoms with Gasteiger partial charge in [-0.2, -0.15) is 0 Å². The molecule has 0 aliphatic carbocycles. The number of benzene rings is 1. The number of methoxy groups -OCH3 is 1. The highest BCUT2D eigenvalue weighted by Crippen LogP contribution is 2.30. The van der Waals surface area contributed by atoms with E-state index < -0.39 is 10.8 Å². The zero-order valence-corrected chi connectivity index (χ0v) is 12.4. The monoisotopic (exact) mass is 343 g/mol. The summed E-state index contributed by atoms with van der Waals surface area (Å²) >= 11 is 3.13. The molecule has 1 atom stereocenters. The number of esters is 1. The predicted molar refractivity (Wildman–Crippen MR) is 74.5 cm³/mol. The van der Waals surface area contributed by atoms with Crippen molar-refractivity contribution in [2.75, 3.05) is 26.9 Å². The molecule has 0 saturated carbocycles. The first-order valence-electron chi connectivity index (χ1n) is 6.01. The number of carbonyl (C=O) groups is 2. The smallest absolute Gasteiger partial charge is 0.321 e. The lowest BCUT2D eigenvalue weighted by Crippen LogP contribution is -2.34. The minimum Gasteiger partial charge on any atom is -0.486 e. The van der Waals surface area contributed by atoms with E-state index in [0.29, 0.717) is 30.3 Å². The molecule has 7 heteroatoms. The topological polar surface area (TPSA) is 73.9 Å². The fourth-order valence-electron chi connectivity index (χ4n) is 1.68. The number of alkyl halides is 1. The van der Waals surface area contributed by atoms with Crippen molar-refractivity contribution in [1.82, 2.24) is 5.32 Å². The van der Waals surface area contributed by atoms with Gasteiger partial charge in [0.05, 0.1) is 7.11 Å². The molecule has 108 valence electrons. The zero-order valence-electron chi connectivity index (χ0n) is 10.8. The van der Waals surface area contributed by atoms with Crippen molar-refractivity contribution in [2.45, 2.75) is 4.83 Å². The third kappa shape index (κ3) is 3.41. The van der Waals surface area contributed by atoms with E-state index >= 15 is 0 Å². The van der Waals surface area contributed by atoms with Crippen LogP contribution < -0.4 is 14.8 Å². The van der Waals surface area contributed by atoms with Crippen LogP contribution >= 0.6 is 15.9 Å². The summed E-state index contributed by atoms with van der Waals surface area (Å²) in [7, 11) is 1.29. The molecular formula is C13H14BrNO5. The molecule has 1 aromatic rings. The Balaban J connectivity index is 1.97. The largest absolute Gasteiger partial charge is 0.486 e. The van der Waals surface area contributed by atoms with Gasteiger partial charge in [0.15, 0.2) is 11.5 Å². The first-order chi connectivity index (χ1) is 9.61. The summed E-state index contributed by atoms with van der Waals surface area (Å²) in [4.78, 5) is 22.6. The number of amides is 1. The maximum atomic E-state index is 12.0. The van der Waals surface area contributed by atoms with Crippen molar-refractivity contribution in [3.8, 4) is 11.5 Å². The Morgan fingerprint density at radius 1 is 1.35 bits per heavy atom. The van der Waals surface area contributed by atoms with Crippen molar-refractivity contribution in [3.05, 3.63) is 23.8 Å². The van der Waals surface area contributed by atoms with Crippen molar-refractivity contribution in [3.63, 3.8) is 0 Å². The summed E-state index contributed by atoms with van der Waals surface area (Å²) in [6.07, 6.45) is 0. The maximum absolute atomic E-state index is 12.0. The maximum Gasteiger partial charge on any atom is 0.321 e. The number of hydrogen-bond acceptors (Lipinski definition) is 5. The second-order valence-corrected chi connectivity index (χ2v) is 5.16. The third-order valence-corrected chi connectivity index (χ3v) is 3.40. The lowest BCUT2D eigenvalue weighted by Gasteiger charge is -2.18. The van der Waals surface area contributed by atoms with Crippen LogP contribution in [0, 0.1) is 0 Å². The van der Waals surface area contributed by atoms with E-state index in [1.165, 1.54) is 7.11 Å². The molecule has 0 fully saturated rings. The second-order valence-electron chi connectivity index (χ2n) is 4.06. The molecule has 6 nitrogen and oxygen atoms in total. The Labute approximate surface area is 124 Å². The van der Waals surface area contributed by atoms with Crippen molar-refractivity contribution >= 4 is 27.8 Å². The highest BCUT2D eigenvalue weighted by atomic mass is 79.9. The fourth-order valence-corrected chi connectivity index (χ4v) is 2.03. The first-order valence-corrected chi connectivity index (χ1v) is 6.93. The number of hydrogen-bond donors (Lipinski definition) is 1. The number of halogens is 1. The first kappa shape index (κ1) is 14.6. The van der Waals surface area contributed by atoms with Crippen LogP contribution in [0.2, 0.25) is 0 Å². The van der Waals surface area contributed by atoms with Gasteiger partial charge in [-0.25, -0.2) is 0 Å². The highest BCUT2D eigenvalue weighted by Gasteiger charge is 2.18. The van der Waals surface area contributed by atoms with E-state index in [4.69, 9.17) is 9.47 Å². The van der Waals surface area contributed by atoms with Crippen LogP contribution in [-0.4, -0.2) is 43.6 Å². The van der Waals surface area contributed by atoms with E-state index in [9.17, 15) is 9.59 Å². The van der Waals surface area contributed by atoms with E-state index in [1.807, 2.05) is 0 Å². The van der Waals surface area contributed by atoms with E-state index in [-0.39, 0.29) is 12.5 Å². The van der Waals surface area contributed by atoms with Crippen LogP contribution in [0.15, 0.2) is 18.2 Å². The molecule has 0 radical (unpaired) electrons. The van der Waals surface area contributed by atoms with Crippen LogP contribution in [0.5, 0.6) is 11.5 Å². The van der Waals surface area contributed by atoms with Crippen molar-refractivity contribution < 1.29 is 23.8 Å². The summed E-state index contributed by atoms with van der Waals surface area (Å²) in [5, 5.41) is 2.64. The van der Waals surface area contributed by atoms with Crippen molar-refractivity contribution in [2.24, 2.45) is 0 Å². The lowest BCUT2D eigenvalue weighted by atomic mass is 10.2. The molecular weight excluding hydrogens is 330 g/mol. The molecule has 2 rings (SSSR count). The molecule has 1 aliphatic rings. The molecule has 0 spiro atoms. The molecule has 1 N–H and O–H groups in total. The van der Waals surface area contributed by atoms with E-state index in [0.717, 1.165) is 0 Å². The number of ether oxygens (including phenoxy) is 3. The molecule has 1 aliphatic heterocycles. The van der Waals surface area contributed by atoms with Gasteiger partial charge in [-0.05, 0) is 18.2 Å². The van der Waals surface area contributed by atoms with Gasteiger partial charge in [0.1, 0.15) is 18.0 Å². The average molecular weight is 344 g/mol. The quantitative estimate of drug-likeness (QED) is 0.655. The lowest BCUT2D eigenvalue weighted by molar-refractivity contribution is -0.139. The Kier molecular flexibility index (Phi) is 4.84. The Bertz CT molecular complexity index is 519. The Morgan fingerprint density at radius 3 is 2.75 bits per heavy atom. The minimum absolute atomic E-state index is 0.139.